The van der Waals surface area contributed by atoms with E-state index in [0.717, 1.165) is 46.2 Å². The van der Waals surface area contributed by atoms with Gasteiger partial charge in [-0.1, -0.05) is 43.9 Å². The molecule has 1 aliphatic rings. The number of aliphatic imine (C=N–C) groups is 1. The maximum absolute atomic E-state index is 13.1. The number of allylic oxidation sites excluding steroid dienone is 3. The van der Waals surface area contributed by atoms with Crippen molar-refractivity contribution in [2.45, 2.75) is 26.7 Å². The molecule has 1 N–H and O–H groups in total. The van der Waals surface area contributed by atoms with Crippen molar-refractivity contribution in [2.75, 3.05) is 27.7 Å². The van der Waals surface area contributed by atoms with E-state index in [1.54, 1.807) is 30.2 Å². The second-order valence-electron chi connectivity index (χ2n) is 8.56. The van der Waals surface area contributed by atoms with Crippen molar-refractivity contribution >= 4 is 44.0 Å². The monoisotopic (exact) mass is 549 g/mol. The number of nitrogens with zero attached hydrogens (tertiary/aromatic N) is 4. The molecule has 3 rings (SSSR count). The molecule has 0 radical (unpaired) electrons. The zero-order valence-corrected chi connectivity index (χ0v) is 24.5. The molecule has 1 heterocycles. The number of nitrogens with one attached hydrogen (secondary N) is 1. The van der Waals surface area contributed by atoms with Gasteiger partial charge in [-0.3, -0.25) is 9.79 Å². The third-order valence-electron chi connectivity index (χ3n) is 5.74. The Balaban J connectivity index is 1.75. The summed E-state index contributed by atoms with van der Waals surface area (Å²) in [6.07, 6.45) is 9.92. The second kappa shape index (κ2) is 14.5. The number of thiophene rings is 1. The Hall–Kier alpha value is -3.48. The molecule has 1 amide bonds. The molecule has 1 aromatic carbocycles. The normalized spacial score (nSPS) is 14.1. The lowest BCUT2D eigenvalue weighted by Crippen LogP contribution is -2.26. The lowest BCUT2D eigenvalue weighted by molar-refractivity contribution is 0.0840. The first-order valence-corrected chi connectivity index (χ1v) is 14.2. The first-order chi connectivity index (χ1) is 18.3. The largest absolute Gasteiger partial charge is 0.443 e. The second-order valence-corrected chi connectivity index (χ2v) is 10.8. The van der Waals surface area contributed by atoms with Crippen molar-refractivity contribution in [1.29, 1.82) is 0 Å². The number of ether oxygens (including phenoxy) is 1. The van der Waals surface area contributed by atoms with Crippen LogP contribution in [0.4, 0.5) is 0 Å². The van der Waals surface area contributed by atoms with Gasteiger partial charge in [0.1, 0.15) is 14.6 Å². The molecule has 0 spiro atoms. The molecule has 0 fully saturated rings. The number of benzene rings is 1. The fourth-order valence-electron chi connectivity index (χ4n) is 3.58. The highest BCUT2D eigenvalue weighted by Crippen LogP contribution is 2.31. The van der Waals surface area contributed by atoms with Gasteiger partial charge < -0.3 is 19.6 Å². The van der Waals surface area contributed by atoms with Gasteiger partial charge in [-0.25, -0.2) is 4.76 Å². The highest BCUT2D eigenvalue weighted by atomic mass is 32.1. The Labute approximate surface area is 231 Å². The topological polar surface area (TPSA) is 69.5 Å². The van der Waals surface area contributed by atoms with Crippen LogP contribution in [0, 0.1) is 0 Å². The Morgan fingerprint density at radius 1 is 1.21 bits per heavy atom. The van der Waals surface area contributed by atoms with Gasteiger partial charge in [0, 0.05) is 57.0 Å². The maximum atomic E-state index is 13.1. The SMILES string of the molecule is C=C(OC(C)=NC)c1ccc(/C=N/PN(C)C2=CC(N(C)C(=O)c3ccccc3)=CCC=C2NCCC)s1. The van der Waals surface area contributed by atoms with Crippen molar-refractivity contribution in [3.05, 3.63) is 99.7 Å². The molecule has 200 valence electrons. The number of carbonyl (C=O) groups is 1. The summed E-state index contributed by atoms with van der Waals surface area (Å²) >= 11 is 1.57. The van der Waals surface area contributed by atoms with Crippen molar-refractivity contribution in [2.24, 2.45) is 9.76 Å². The van der Waals surface area contributed by atoms with E-state index in [2.05, 4.69) is 46.7 Å². The highest BCUT2D eigenvalue weighted by Gasteiger charge is 2.19. The third kappa shape index (κ3) is 8.01. The molecule has 1 aromatic heterocycles. The van der Waals surface area contributed by atoms with Gasteiger partial charge in [0.15, 0.2) is 5.90 Å². The number of hydrogen-bond acceptors (Lipinski definition) is 7. The molecule has 2 aromatic rings. The van der Waals surface area contributed by atoms with Gasteiger partial charge in [0.25, 0.3) is 5.91 Å². The highest BCUT2D eigenvalue weighted by molar-refractivity contribution is 7.34. The van der Waals surface area contributed by atoms with E-state index in [-0.39, 0.29) is 14.8 Å². The van der Waals surface area contributed by atoms with Crippen LogP contribution < -0.4 is 5.32 Å². The summed E-state index contributed by atoms with van der Waals surface area (Å²) in [6, 6.07) is 13.3. The van der Waals surface area contributed by atoms with Crippen molar-refractivity contribution < 1.29 is 9.53 Å². The standard InChI is InChI=1S/C29H36N5O2PS/c1-7-18-31-26-15-11-14-24(33(5)29(35)23-12-9-8-10-13-23)19-27(26)34(6)37-32-20-25-16-17-28(38-25)21(2)36-22(3)30-4/h8-10,12-17,19-20,31,37H,2,7,11,18H2,1,3-6H3/b30-22?,32-20+. The van der Waals surface area contributed by atoms with Gasteiger partial charge in [-0.15, -0.1) is 11.3 Å². The molecule has 7 nitrogen and oxygen atoms in total. The molecule has 1 unspecified atom stereocenters. The molecule has 9 heteroatoms. The van der Waals surface area contributed by atoms with E-state index >= 15 is 0 Å². The molecular formula is C29H36N5O2PS. The van der Waals surface area contributed by atoms with E-state index < -0.39 is 0 Å². The number of carbonyl (C=O) groups excluding carboxylic acids is 1. The van der Waals surface area contributed by atoms with Crippen LogP contribution in [0.5, 0.6) is 0 Å². The minimum Gasteiger partial charge on any atom is -0.443 e. The van der Waals surface area contributed by atoms with Crippen LogP contribution in [-0.4, -0.2) is 55.3 Å². The summed E-state index contributed by atoms with van der Waals surface area (Å²) in [4.78, 5) is 20.8. The quantitative estimate of drug-likeness (QED) is 0.151. The van der Waals surface area contributed by atoms with Crippen LogP contribution in [0.1, 0.15) is 46.8 Å². The molecule has 0 saturated carbocycles. The fourth-order valence-corrected chi connectivity index (χ4v) is 5.13. The van der Waals surface area contributed by atoms with E-state index in [1.165, 1.54) is 0 Å². The summed E-state index contributed by atoms with van der Waals surface area (Å²) in [5.41, 5.74) is 3.55. The summed E-state index contributed by atoms with van der Waals surface area (Å²) in [6.45, 7) is 8.80. The predicted octanol–water partition coefficient (Wildman–Crippen LogP) is 6.47. The van der Waals surface area contributed by atoms with Crippen molar-refractivity contribution in [3.8, 4) is 0 Å². The van der Waals surface area contributed by atoms with Crippen molar-refractivity contribution in [1.82, 2.24) is 14.9 Å². The zero-order chi connectivity index (χ0) is 27.5. The summed E-state index contributed by atoms with van der Waals surface area (Å²) in [7, 11) is 5.69. The average molecular weight is 550 g/mol. The third-order valence-corrected chi connectivity index (χ3v) is 7.58. The van der Waals surface area contributed by atoms with E-state index in [1.807, 2.05) is 62.8 Å². The Morgan fingerprint density at radius 3 is 2.68 bits per heavy atom. The molecule has 0 bridgehead atoms. The molecule has 1 aliphatic carbocycles. The fraction of sp³-hybridized carbons (Fsp3) is 0.276. The zero-order valence-electron chi connectivity index (χ0n) is 22.7. The van der Waals surface area contributed by atoms with Gasteiger partial charge >= 0.3 is 0 Å². The van der Waals surface area contributed by atoms with Crippen LogP contribution in [0.3, 0.4) is 0 Å². The Bertz CT molecular complexity index is 1280. The Morgan fingerprint density at radius 2 is 1.97 bits per heavy atom. The predicted molar refractivity (Wildman–Crippen MR) is 163 cm³/mol. The van der Waals surface area contributed by atoms with E-state index in [0.29, 0.717) is 17.2 Å². The van der Waals surface area contributed by atoms with Crippen molar-refractivity contribution in [3.63, 3.8) is 0 Å². The van der Waals surface area contributed by atoms with Crippen LogP contribution in [0.2, 0.25) is 0 Å². The van der Waals surface area contributed by atoms with Gasteiger partial charge in [0.2, 0.25) is 0 Å². The van der Waals surface area contributed by atoms with Gasteiger partial charge in [-0.05, 0) is 43.2 Å². The summed E-state index contributed by atoms with van der Waals surface area (Å²) in [5, 5.41) is 3.54. The molecule has 0 saturated heterocycles. The number of amides is 1. The maximum Gasteiger partial charge on any atom is 0.257 e. The van der Waals surface area contributed by atoms with E-state index in [9.17, 15) is 4.79 Å². The Kier molecular flexibility index (Phi) is 11.1. The van der Waals surface area contributed by atoms with Crippen LogP contribution >= 0.6 is 20.2 Å². The lowest BCUT2D eigenvalue weighted by atomic mass is 10.2. The number of rotatable bonds is 11. The average Bonchev–Trinajstić information content (AvgIpc) is 3.30. The van der Waals surface area contributed by atoms with Crippen LogP contribution in [0.25, 0.3) is 5.76 Å². The molecule has 38 heavy (non-hydrogen) atoms. The molecular weight excluding hydrogens is 513 g/mol. The summed E-state index contributed by atoms with van der Waals surface area (Å²) in [5.74, 6) is 1.11. The summed E-state index contributed by atoms with van der Waals surface area (Å²) < 4.78 is 12.4. The van der Waals surface area contributed by atoms with Gasteiger partial charge in [-0.2, -0.15) is 0 Å². The number of likely N-dealkylation sites (N-methyl/N-ethyl adjacent to an activating group) is 2. The lowest BCUT2D eigenvalue weighted by Gasteiger charge is -2.25. The van der Waals surface area contributed by atoms with Gasteiger partial charge in [0.05, 0.1) is 16.3 Å². The minimum absolute atomic E-state index is 0.0417. The molecule has 1 atom stereocenters. The van der Waals surface area contributed by atoms with Crippen LogP contribution in [0.15, 0.2) is 94.1 Å². The minimum atomic E-state index is -0.0417. The van der Waals surface area contributed by atoms with E-state index in [4.69, 9.17) is 9.50 Å². The van der Waals surface area contributed by atoms with Crippen LogP contribution in [-0.2, 0) is 4.74 Å². The first-order valence-electron chi connectivity index (χ1n) is 12.5. The molecule has 0 aliphatic heterocycles. The number of hydrogen-bond donors (Lipinski definition) is 1. The smallest absolute Gasteiger partial charge is 0.257 e. The first kappa shape index (κ1) is 29.1.